The highest BCUT2D eigenvalue weighted by atomic mass is 32.1. The first-order valence-electron chi connectivity index (χ1n) is 3.32. The van der Waals surface area contributed by atoms with E-state index in [0.717, 1.165) is 9.84 Å². The number of hydrogen-bond acceptors (Lipinski definition) is 4. The minimum atomic E-state index is 0.532. The van der Waals surface area contributed by atoms with E-state index in [1.165, 1.54) is 6.08 Å². The van der Waals surface area contributed by atoms with E-state index in [9.17, 15) is 4.79 Å². The Morgan fingerprint density at radius 1 is 1.75 bits per heavy atom. The number of isocyanates is 1. The maximum atomic E-state index is 9.99. The van der Waals surface area contributed by atoms with Gasteiger partial charge in [-0.3, -0.25) is 4.40 Å². The number of nitrogens with zero attached hydrogens (tertiary/aromatic N) is 3. The topological polar surface area (TPSA) is 46.7 Å². The Bertz CT molecular complexity index is 464. The van der Waals surface area contributed by atoms with E-state index in [2.05, 4.69) is 9.98 Å². The summed E-state index contributed by atoms with van der Waals surface area (Å²) in [6.07, 6.45) is 4.93. The molecule has 0 aliphatic carbocycles. The van der Waals surface area contributed by atoms with Gasteiger partial charge < -0.3 is 0 Å². The van der Waals surface area contributed by atoms with Crippen molar-refractivity contribution in [2.24, 2.45) is 4.99 Å². The van der Waals surface area contributed by atoms with E-state index in [1.807, 2.05) is 13.1 Å². The number of hydrogen-bond donors (Lipinski definition) is 0. The van der Waals surface area contributed by atoms with Crippen LogP contribution in [0.15, 0.2) is 17.4 Å². The molecule has 0 saturated carbocycles. The van der Waals surface area contributed by atoms with Crippen molar-refractivity contribution in [2.75, 3.05) is 0 Å². The van der Waals surface area contributed by atoms with Crippen molar-refractivity contribution in [3.63, 3.8) is 0 Å². The zero-order valence-electron chi connectivity index (χ0n) is 6.31. The Balaban J connectivity index is 2.75. The van der Waals surface area contributed by atoms with Crippen LogP contribution in [-0.2, 0) is 4.79 Å². The highest BCUT2D eigenvalue weighted by Crippen LogP contribution is 2.21. The molecule has 2 rings (SSSR count). The lowest BCUT2D eigenvalue weighted by Crippen LogP contribution is -1.73. The van der Waals surface area contributed by atoms with Gasteiger partial charge in [0.2, 0.25) is 6.08 Å². The molecule has 0 spiro atoms. The maximum absolute atomic E-state index is 9.99. The average Bonchev–Trinajstić information content (AvgIpc) is 2.52. The Kier molecular flexibility index (Phi) is 1.53. The number of carbonyl (C=O) groups excluding carboxylic acids is 1. The molecule has 0 saturated heterocycles. The summed E-state index contributed by atoms with van der Waals surface area (Å²) in [5, 5.41) is 0. The standard InChI is InChI=1S/C7H5N3OS/c1-5-3-10-6(9-4-11)2-8-7(10)12-5/h2-3H,1H3. The van der Waals surface area contributed by atoms with Gasteiger partial charge in [0.1, 0.15) is 0 Å². The zero-order chi connectivity index (χ0) is 8.55. The van der Waals surface area contributed by atoms with E-state index in [-0.39, 0.29) is 0 Å². The van der Waals surface area contributed by atoms with Crippen LogP contribution < -0.4 is 0 Å². The predicted octanol–water partition coefficient (Wildman–Crippen LogP) is 1.67. The van der Waals surface area contributed by atoms with E-state index < -0.39 is 0 Å². The van der Waals surface area contributed by atoms with Crippen LogP contribution >= 0.6 is 11.3 Å². The van der Waals surface area contributed by atoms with E-state index in [0.29, 0.717) is 5.82 Å². The Hall–Kier alpha value is -1.45. The lowest BCUT2D eigenvalue weighted by molar-refractivity contribution is 0.565. The van der Waals surface area contributed by atoms with Crippen molar-refractivity contribution in [3.8, 4) is 0 Å². The third kappa shape index (κ3) is 0.958. The number of aliphatic imine (C=N–C) groups is 1. The lowest BCUT2D eigenvalue weighted by atomic mass is 10.6. The number of aryl methyl sites for hydroxylation is 1. The number of thiazole rings is 1. The molecule has 0 N–H and O–H groups in total. The van der Waals surface area contributed by atoms with Gasteiger partial charge >= 0.3 is 0 Å². The molecule has 0 aliphatic heterocycles. The minimum absolute atomic E-state index is 0.532. The molecule has 12 heavy (non-hydrogen) atoms. The van der Waals surface area contributed by atoms with Gasteiger partial charge in [0.25, 0.3) is 0 Å². The van der Waals surface area contributed by atoms with Crippen molar-refractivity contribution in [3.05, 3.63) is 17.3 Å². The maximum Gasteiger partial charge on any atom is 0.242 e. The molecule has 0 fully saturated rings. The third-order valence-corrected chi connectivity index (χ3v) is 2.38. The van der Waals surface area contributed by atoms with Crippen molar-refractivity contribution < 1.29 is 4.79 Å². The molecule has 4 nitrogen and oxygen atoms in total. The highest BCUT2D eigenvalue weighted by molar-refractivity contribution is 7.17. The predicted molar refractivity (Wildman–Crippen MR) is 45.6 cm³/mol. The third-order valence-electron chi connectivity index (χ3n) is 1.47. The van der Waals surface area contributed by atoms with Gasteiger partial charge in [0.15, 0.2) is 10.8 Å². The first-order chi connectivity index (χ1) is 5.81. The lowest BCUT2D eigenvalue weighted by Gasteiger charge is -1.82. The Morgan fingerprint density at radius 3 is 3.33 bits per heavy atom. The summed E-state index contributed by atoms with van der Waals surface area (Å²) >= 11 is 1.56. The van der Waals surface area contributed by atoms with Crippen molar-refractivity contribution in [1.82, 2.24) is 9.38 Å². The number of imidazole rings is 1. The summed E-state index contributed by atoms with van der Waals surface area (Å²) in [6, 6.07) is 0. The van der Waals surface area contributed by atoms with E-state index in [4.69, 9.17) is 0 Å². The summed E-state index contributed by atoms with van der Waals surface area (Å²) in [5.74, 6) is 0.532. The molecule has 0 aromatic carbocycles. The van der Waals surface area contributed by atoms with Crippen LogP contribution in [0, 0.1) is 6.92 Å². The molecular formula is C7H5N3OS. The normalized spacial score (nSPS) is 10.1. The monoisotopic (exact) mass is 179 g/mol. The highest BCUT2D eigenvalue weighted by Gasteiger charge is 2.03. The molecule has 0 atom stereocenters. The Labute approximate surface area is 72.2 Å². The van der Waals surface area contributed by atoms with Crippen LogP contribution in [0.25, 0.3) is 4.96 Å². The van der Waals surface area contributed by atoms with Crippen LogP contribution in [0.2, 0.25) is 0 Å². The van der Waals surface area contributed by atoms with Gasteiger partial charge in [-0.05, 0) is 6.92 Å². The van der Waals surface area contributed by atoms with Crippen LogP contribution in [0.1, 0.15) is 4.88 Å². The second kappa shape index (κ2) is 2.55. The number of rotatable bonds is 1. The van der Waals surface area contributed by atoms with Crippen LogP contribution in [0.3, 0.4) is 0 Å². The van der Waals surface area contributed by atoms with Crippen molar-refractivity contribution in [2.45, 2.75) is 6.92 Å². The molecular weight excluding hydrogens is 174 g/mol. The Morgan fingerprint density at radius 2 is 2.58 bits per heavy atom. The molecule has 0 unspecified atom stereocenters. The van der Waals surface area contributed by atoms with Crippen molar-refractivity contribution in [1.29, 1.82) is 0 Å². The van der Waals surface area contributed by atoms with E-state index in [1.54, 1.807) is 21.9 Å². The molecule has 2 aromatic heterocycles. The summed E-state index contributed by atoms with van der Waals surface area (Å²) in [5.41, 5.74) is 0. The number of fused-ring (bicyclic) bond motifs is 1. The quantitative estimate of drug-likeness (QED) is 0.493. The number of aromatic nitrogens is 2. The van der Waals surface area contributed by atoms with Crippen molar-refractivity contribution >= 4 is 28.2 Å². The summed E-state index contributed by atoms with van der Waals surface area (Å²) in [7, 11) is 0. The van der Waals surface area contributed by atoms with Gasteiger partial charge in [-0.1, -0.05) is 0 Å². The molecule has 0 bridgehead atoms. The van der Waals surface area contributed by atoms with Crippen LogP contribution in [-0.4, -0.2) is 15.5 Å². The molecule has 0 aliphatic rings. The molecule has 0 amide bonds. The van der Waals surface area contributed by atoms with Crippen LogP contribution in [0.5, 0.6) is 0 Å². The fourth-order valence-electron chi connectivity index (χ4n) is 1.01. The molecule has 2 heterocycles. The smallest absolute Gasteiger partial charge is 0.242 e. The first kappa shape index (κ1) is 7.21. The fraction of sp³-hybridized carbons (Fsp3) is 0.143. The summed E-state index contributed by atoms with van der Waals surface area (Å²) in [6.45, 7) is 1.98. The molecule has 5 heteroatoms. The molecule has 2 aromatic rings. The first-order valence-corrected chi connectivity index (χ1v) is 4.14. The zero-order valence-corrected chi connectivity index (χ0v) is 7.13. The van der Waals surface area contributed by atoms with Gasteiger partial charge in [0.05, 0.1) is 6.20 Å². The molecule has 0 radical (unpaired) electrons. The SMILES string of the molecule is Cc1cn2c(N=C=O)cnc2s1. The average molecular weight is 179 g/mol. The second-order valence-electron chi connectivity index (χ2n) is 2.31. The van der Waals surface area contributed by atoms with Gasteiger partial charge in [-0.2, -0.15) is 0 Å². The van der Waals surface area contributed by atoms with Crippen LogP contribution in [0.4, 0.5) is 5.82 Å². The summed E-state index contributed by atoms with van der Waals surface area (Å²) in [4.78, 5) is 19.6. The summed E-state index contributed by atoms with van der Waals surface area (Å²) < 4.78 is 1.77. The van der Waals surface area contributed by atoms with E-state index >= 15 is 0 Å². The van der Waals surface area contributed by atoms with Gasteiger partial charge in [0, 0.05) is 11.1 Å². The minimum Gasteiger partial charge on any atom is -0.274 e. The molecule has 60 valence electrons. The fourth-order valence-corrected chi connectivity index (χ4v) is 1.81. The van der Waals surface area contributed by atoms with Gasteiger partial charge in [-0.25, -0.2) is 9.78 Å². The van der Waals surface area contributed by atoms with Gasteiger partial charge in [-0.15, -0.1) is 16.3 Å². The second-order valence-corrected chi connectivity index (χ2v) is 3.53. The largest absolute Gasteiger partial charge is 0.274 e.